The van der Waals surface area contributed by atoms with Gasteiger partial charge in [0.1, 0.15) is 0 Å². The molecule has 0 radical (unpaired) electrons. The predicted octanol–water partition coefficient (Wildman–Crippen LogP) is 4.38. The fourth-order valence-corrected chi connectivity index (χ4v) is 2.99. The van der Waals surface area contributed by atoms with E-state index in [-0.39, 0.29) is 5.41 Å². The van der Waals surface area contributed by atoms with Crippen molar-refractivity contribution in [2.75, 3.05) is 0 Å². The summed E-state index contributed by atoms with van der Waals surface area (Å²) in [4.78, 5) is 0. The summed E-state index contributed by atoms with van der Waals surface area (Å²) in [6.07, 6.45) is 5.76. The normalized spacial score (nSPS) is 11.6. The van der Waals surface area contributed by atoms with Crippen LogP contribution in [-0.2, 0) is 5.41 Å². The first-order valence-electron chi connectivity index (χ1n) is 8.37. The van der Waals surface area contributed by atoms with Gasteiger partial charge in [0.15, 0.2) is 0 Å². The Morgan fingerprint density at radius 3 is 2.32 bits per heavy atom. The van der Waals surface area contributed by atoms with E-state index in [2.05, 4.69) is 61.4 Å². The lowest BCUT2D eigenvalue weighted by Crippen LogP contribution is -2.20. The van der Waals surface area contributed by atoms with E-state index < -0.39 is 0 Å². The molecule has 0 atom stereocenters. The molecule has 4 heteroatoms. The summed E-state index contributed by atoms with van der Waals surface area (Å²) < 4.78 is 3.80. The van der Waals surface area contributed by atoms with Crippen LogP contribution in [0.3, 0.4) is 0 Å². The average Bonchev–Trinajstić information content (AvgIpc) is 3.35. The monoisotopic (exact) mass is 328 g/mol. The van der Waals surface area contributed by atoms with Crippen molar-refractivity contribution in [3.63, 3.8) is 0 Å². The Labute approximate surface area is 147 Å². The summed E-state index contributed by atoms with van der Waals surface area (Å²) in [5.74, 6) is 0. The van der Waals surface area contributed by atoms with Gasteiger partial charge in [-0.25, -0.2) is 9.36 Å². The maximum absolute atomic E-state index is 4.82. The van der Waals surface area contributed by atoms with Gasteiger partial charge in [-0.05, 0) is 42.0 Å². The molecule has 4 aromatic rings. The topological polar surface area (TPSA) is 35.6 Å². The van der Waals surface area contributed by atoms with E-state index in [0.29, 0.717) is 0 Å². The van der Waals surface area contributed by atoms with Gasteiger partial charge in [-0.1, -0.05) is 44.2 Å². The molecule has 2 aromatic heterocycles. The van der Waals surface area contributed by atoms with Gasteiger partial charge in [-0.3, -0.25) is 0 Å². The van der Waals surface area contributed by atoms with Crippen molar-refractivity contribution in [1.29, 1.82) is 0 Å². The molecule has 4 rings (SSSR count). The summed E-state index contributed by atoms with van der Waals surface area (Å²) in [5.41, 5.74) is 4.16. The number of nitrogens with zero attached hydrogens (tertiary/aromatic N) is 4. The van der Waals surface area contributed by atoms with Crippen LogP contribution >= 0.6 is 0 Å². The van der Waals surface area contributed by atoms with Gasteiger partial charge in [-0.15, -0.1) is 0 Å². The predicted molar refractivity (Wildman–Crippen MR) is 99.3 cm³/mol. The van der Waals surface area contributed by atoms with Gasteiger partial charge in [0.05, 0.1) is 17.1 Å². The minimum Gasteiger partial charge on any atom is -0.241 e. The lowest BCUT2D eigenvalue weighted by atomic mass is 9.81. The third-order valence-electron chi connectivity index (χ3n) is 4.59. The Hall–Kier alpha value is -3.14. The van der Waals surface area contributed by atoms with Crippen LogP contribution in [0.4, 0.5) is 0 Å². The maximum Gasteiger partial charge on any atom is 0.0728 e. The second kappa shape index (κ2) is 6.06. The molecule has 0 aliphatic carbocycles. The molecule has 0 amide bonds. The molecule has 0 saturated carbocycles. The molecule has 2 aromatic carbocycles. The van der Waals surface area contributed by atoms with Crippen molar-refractivity contribution in [2.45, 2.75) is 19.3 Å². The fourth-order valence-electron chi connectivity index (χ4n) is 2.99. The smallest absolute Gasteiger partial charge is 0.0728 e. The van der Waals surface area contributed by atoms with E-state index in [4.69, 9.17) is 5.10 Å². The third kappa shape index (κ3) is 2.87. The first-order valence-corrected chi connectivity index (χ1v) is 8.37. The van der Waals surface area contributed by atoms with Crippen LogP contribution in [-0.4, -0.2) is 19.6 Å². The summed E-state index contributed by atoms with van der Waals surface area (Å²) in [7, 11) is 0. The van der Waals surface area contributed by atoms with Crippen molar-refractivity contribution >= 4 is 0 Å². The summed E-state index contributed by atoms with van der Waals surface area (Å²) in [6, 6.07) is 22.7. The number of hydrogen-bond acceptors (Lipinski definition) is 2. The molecule has 25 heavy (non-hydrogen) atoms. The fraction of sp³-hybridized carbons (Fsp3) is 0.143. The molecule has 4 nitrogen and oxygen atoms in total. The van der Waals surface area contributed by atoms with E-state index in [1.54, 1.807) is 6.20 Å². The highest BCUT2D eigenvalue weighted by atomic mass is 15.3. The molecular formula is C21H20N4. The van der Waals surface area contributed by atoms with Gasteiger partial charge in [0.2, 0.25) is 0 Å². The van der Waals surface area contributed by atoms with Gasteiger partial charge < -0.3 is 0 Å². The molecule has 2 heterocycles. The van der Waals surface area contributed by atoms with Crippen LogP contribution in [0, 0.1) is 0 Å². The number of benzene rings is 2. The Bertz CT molecular complexity index is 966. The van der Waals surface area contributed by atoms with Crippen LogP contribution in [0.25, 0.3) is 11.4 Å². The zero-order chi connectivity index (χ0) is 17.3. The SMILES string of the molecule is CC(C)(c1cccc(-n2cccn2)c1)c1ccn(-c2ccccc2)n1. The van der Waals surface area contributed by atoms with Gasteiger partial charge in [0, 0.05) is 24.0 Å². The van der Waals surface area contributed by atoms with E-state index in [9.17, 15) is 0 Å². The van der Waals surface area contributed by atoms with Crippen LogP contribution in [0.1, 0.15) is 25.1 Å². The quantitative estimate of drug-likeness (QED) is 0.557. The molecule has 0 aliphatic heterocycles. The van der Waals surface area contributed by atoms with Crippen LogP contribution < -0.4 is 0 Å². The van der Waals surface area contributed by atoms with Crippen LogP contribution in [0.15, 0.2) is 85.3 Å². The Kier molecular flexibility index (Phi) is 3.73. The number of aromatic nitrogens is 4. The highest BCUT2D eigenvalue weighted by Gasteiger charge is 2.26. The molecule has 0 spiro atoms. The highest BCUT2D eigenvalue weighted by molar-refractivity contribution is 5.42. The van der Waals surface area contributed by atoms with Crippen molar-refractivity contribution in [3.8, 4) is 11.4 Å². The average molecular weight is 328 g/mol. The number of rotatable bonds is 4. The molecule has 0 fully saturated rings. The number of hydrogen-bond donors (Lipinski definition) is 0. The van der Waals surface area contributed by atoms with Gasteiger partial charge in [-0.2, -0.15) is 10.2 Å². The largest absolute Gasteiger partial charge is 0.241 e. The Morgan fingerprint density at radius 1 is 0.760 bits per heavy atom. The van der Waals surface area contributed by atoms with E-state index in [1.165, 1.54) is 5.56 Å². The summed E-state index contributed by atoms with van der Waals surface area (Å²) >= 11 is 0. The zero-order valence-electron chi connectivity index (χ0n) is 14.4. The number of para-hydroxylation sites is 1. The van der Waals surface area contributed by atoms with Gasteiger partial charge in [0.25, 0.3) is 0 Å². The Morgan fingerprint density at radius 2 is 1.56 bits per heavy atom. The lowest BCUT2D eigenvalue weighted by Gasteiger charge is -2.23. The minimum absolute atomic E-state index is 0.205. The standard InChI is InChI=1S/C21H20N4/c1-21(2,17-8-6-11-19(16-17)24-14-7-13-22-24)20-12-15-25(23-20)18-9-4-3-5-10-18/h3-16H,1-2H3. The van der Waals surface area contributed by atoms with Crippen LogP contribution in [0.2, 0.25) is 0 Å². The second-order valence-corrected chi connectivity index (χ2v) is 6.61. The molecular weight excluding hydrogens is 308 g/mol. The third-order valence-corrected chi connectivity index (χ3v) is 4.59. The van der Waals surface area contributed by atoms with E-state index >= 15 is 0 Å². The summed E-state index contributed by atoms with van der Waals surface area (Å²) in [5, 5.41) is 9.14. The molecule has 124 valence electrons. The van der Waals surface area contributed by atoms with Crippen LogP contribution in [0.5, 0.6) is 0 Å². The van der Waals surface area contributed by atoms with Gasteiger partial charge >= 0.3 is 0 Å². The van der Waals surface area contributed by atoms with Crippen molar-refractivity contribution < 1.29 is 0 Å². The highest BCUT2D eigenvalue weighted by Crippen LogP contribution is 2.31. The first kappa shape index (κ1) is 15.4. The molecule has 0 aliphatic rings. The maximum atomic E-state index is 4.82. The Balaban J connectivity index is 1.70. The molecule has 0 saturated heterocycles. The van der Waals surface area contributed by atoms with E-state index in [0.717, 1.165) is 17.1 Å². The first-order chi connectivity index (χ1) is 12.1. The second-order valence-electron chi connectivity index (χ2n) is 6.61. The van der Waals surface area contributed by atoms with Crippen molar-refractivity contribution in [2.24, 2.45) is 0 Å². The molecule has 0 unspecified atom stereocenters. The summed E-state index contributed by atoms with van der Waals surface area (Å²) in [6.45, 7) is 4.40. The lowest BCUT2D eigenvalue weighted by molar-refractivity contribution is 0.604. The van der Waals surface area contributed by atoms with Crippen molar-refractivity contribution in [3.05, 3.63) is 96.6 Å². The van der Waals surface area contributed by atoms with Crippen molar-refractivity contribution in [1.82, 2.24) is 19.6 Å². The zero-order valence-corrected chi connectivity index (χ0v) is 14.4. The molecule has 0 bridgehead atoms. The van der Waals surface area contributed by atoms with E-state index in [1.807, 2.05) is 46.0 Å². The minimum atomic E-state index is -0.205. The molecule has 0 N–H and O–H groups in total.